The number of ether oxygens (including phenoxy) is 3. The van der Waals surface area contributed by atoms with E-state index in [1.54, 1.807) is 7.11 Å². The maximum atomic E-state index is 13.1. The fourth-order valence-electron chi connectivity index (χ4n) is 4.58. The third kappa shape index (κ3) is 4.66. The summed E-state index contributed by atoms with van der Waals surface area (Å²) in [6.07, 6.45) is 1.67. The Kier molecular flexibility index (Phi) is 6.17. The standard InChI is InChI=1S/C27H28N2O4/c1-31-22-8-4-6-20(16-22)23-9-2-3-10-24(23)28-27(30)19-12-14-29(15-13-19)17-21-7-5-11-25-26(21)33-18-32-25/h2-11,16,19H,12-15,17-18H2,1H3,(H,28,30). The van der Waals surface area contributed by atoms with Gasteiger partial charge in [0.05, 0.1) is 7.11 Å². The van der Waals surface area contributed by atoms with Crippen molar-refractivity contribution >= 4 is 11.6 Å². The Morgan fingerprint density at radius 3 is 2.70 bits per heavy atom. The topological polar surface area (TPSA) is 60.0 Å². The highest BCUT2D eigenvalue weighted by Crippen LogP contribution is 2.36. The molecule has 170 valence electrons. The van der Waals surface area contributed by atoms with Crippen molar-refractivity contribution in [1.82, 2.24) is 4.90 Å². The lowest BCUT2D eigenvalue weighted by Gasteiger charge is -2.31. The van der Waals surface area contributed by atoms with Gasteiger partial charge in [-0.2, -0.15) is 0 Å². The molecule has 5 rings (SSSR count). The first-order valence-electron chi connectivity index (χ1n) is 11.4. The lowest BCUT2D eigenvalue weighted by Crippen LogP contribution is -2.37. The molecule has 0 unspecified atom stereocenters. The molecule has 1 amide bonds. The van der Waals surface area contributed by atoms with Gasteiger partial charge in [-0.1, -0.05) is 42.5 Å². The highest BCUT2D eigenvalue weighted by Gasteiger charge is 2.27. The van der Waals surface area contributed by atoms with E-state index in [1.165, 1.54) is 0 Å². The molecule has 0 aromatic heterocycles. The monoisotopic (exact) mass is 444 g/mol. The van der Waals surface area contributed by atoms with Crippen LogP contribution < -0.4 is 19.5 Å². The minimum Gasteiger partial charge on any atom is -0.497 e. The number of hydrogen-bond acceptors (Lipinski definition) is 5. The molecule has 0 atom stereocenters. The van der Waals surface area contributed by atoms with Crippen molar-refractivity contribution in [3.63, 3.8) is 0 Å². The molecular formula is C27H28N2O4. The average molecular weight is 445 g/mol. The second-order valence-corrected chi connectivity index (χ2v) is 8.47. The van der Waals surface area contributed by atoms with Crippen LogP contribution in [0.4, 0.5) is 5.69 Å². The van der Waals surface area contributed by atoms with Gasteiger partial charge in [-0.3, -0.25) is 9.69 Å². The Labute approximate surface area is 194 Å². The number of para-hydroxylation sites is 2. The maximum absolute atomic E-state index is 13.1. The molecule has 1 saturated heterocycles. The van der Waals surface area contributed by atoms with Crippen LogP contribution in [0.2, 0.25) is 0 Å². The SMILES string of the molecule is COc1cccc(-c2ccccc2NC(=O)C2CCN(Cc3cccc4c3OCO4)CC2)c1. The van der Waals surface area contributed by atoms with Gasteiger partial charge in [-0.25, -0.2) is 0 Å². The summed E-state index contributed by atoms with van der Waals surface area (Å²) in [6.45, 7) is 2.84. The van der Waals surface area contributed by atoms with Crippen molar-refractivity contribution in [2.45, 2.75) is 19.4 Å². The predicted octanol–water partition coefficient (Wildman–Crippen LogP) is 4.94. The molecule has 0 radical (unpaired) electrons. The Morgan fingerprint density at radius 2 is 1.85 bits per heavy atom. The number of piperidine rings is 1. The van der Waals surface area contributed by atoms with Crippen LogP contribution in [-0.2, 0) is 11.3 Å². The number of nitrogens with one attached hydrogen (secondary N) is 1. The highest BCUT2D eigenvalue weighted by molar-refractivity contribution is 5.96. The summed E-state index contributed by atoms with van der Waals surface area (Å²) < 4.78 is 16.5. The molecule has 2 aliphatic rings. The molecule has 0 aliphatic carbocycles. The summed E-state index contributed by atoms with van der Waals surface area (Å²) in [6, 6.07) is 21.8. The van der Waals surface area contributed by atoms with Crippen molar-refractivity contribution in [1.29, 1.82) is 0 Å². The third-order valence-electron chi connectivity index (χ3n) is 6.40. The van der Waals surface area contributed by atoms with Crippen LogP contribution in [0, 0.1) is 5.92 Å². The Bertz CT molecular complexity index is 1140. The summed E-state index contributed by atoms with van der Waals surface area (Å²) in [5.74, 6) is 2.55. The Hall–Kier alpha value is -3.51. The van der Waals surface area contributed by atoms with Crippen LogP contribution in [0.3, 0.4) is 0 Å². The molecule has 3 aromatic carbocycles. The van der Waals surface area contributed by atoms with Crippen LogP contribution in [-0.4, -0.2) is 37.8 Å². The van der Waals surface area contributed by atoms with Gasteiger partial charge in [-0.15, -0.1) is 0 Å². The number of hydrogen-bond donors (Lipinski definition) is 1. The van der Waals surface area contributed by atoms with E-state index >= 15 is 0 Å². The number of amides is 1. The van der Waals surface area contributed by atoms with E-state index in [4.69, 9.17) is 14.2 Å². The Morgan fingerprint density at radius 1 is 1.03 bits per heavy atom. The van der Waals surface area contributed by atoms with Crippen LogP contribution >= 0.6 is 0 Å². The van der Waals surface area contributed by atoms with Gasteiger partial charge in [-0.05, 0) is 55.8 Å². The minimum atomic E-state index is 0.000636. The quantitative estimate of drug-likeness (QED) is 0.584. The molecule has 2 aliphatic heterocycles. The van der Waals surface area contributed by atoms with E-state index < -0.39 is 0 Å². The van der Waals surface area contributed by atoms with Gasteiger partial charge in [0.25, 0.3) is 0 Å². The van der Waals surface area contributed by atoms with E-state index in [-0.39, 0.29) is 18.6 Å². The van der Waals surface area contributed by atoms with E-state index in [0.29, 0.717) is 0 Å². The van der Waals surface area contributed by atoms with Gasteiger partial charge >= 0.3 is 0 Å². The average Bonchev–Trinajstić information content (AvgIpc) is 3.35. The molecule has 0 spiro atoms. The molecule has 0 saturated carbocycles. The molecule has 1 fully saturated rings. The van der Waals surface area contributed by atoms with E-state index in [9.17, 15) is 4.79 Å². The van der Waals surface area contributed by atoms with Crippen molar-refractivity contribution in [2.75, 3.05) is 32.3 Å². The van der Waals surface area contributed by atoms with E-state index in [1.807, 2.05) is 60.7 Å². The van der Waals surface area contributed by atoms with Crippen molar-refractivity contribution in [3.8, 4) is 28.4 Å². The largest absolute Gasteiger partial charge is 0.497 e. The zero-order valence-corrected chi connectivity index (χ0v) is 18.8. The van der Waals surface area contributed by atoms with Gasteiger partial charge in [0.2, 0.25) is 12.7 Å². The summed E-state index contributed by atoms with van der Waals surface area (Å²) in [7, 11) is 1.66. The molecule has 6 nitrogen and oxygen atoms in total. The van der Waals surface area contributed by atoms with E-state index in [0.717, 1.165) is 72.1 Å². The van der Waals surface area contributed by atoms with Crippen LogP contribution in [0.1, 0.15) is 18.4 Å². The summed E-state index contributed by atoms with van der Waals surface area (Å²) in [4.78, 5) is 15.5. The summed E-state index contributed by atoms with van der Waals surface area (Å²) in [5.41, 5.74) is 3.97. The summed E-state index contributed by atoms with van der Waals surface area (Å²) in [5, 5.41) is 3.18. The first kappa shape index (κ1) is 21.3. The smallest absolute Gasteiger partial charge is 0.231 e. The second-order valence-electron chi connectivity index (χ2n) is 8.47. The van der Waals surface area contributed by atoms with E-state index in [2.05, 4.69) is 16.3 Å². The number of likely N-dealkylation sites (tertiary alicyclic amines) is 1. The number of carbonyl (C=O) groups excluding carboxylic acids is 1. The molecule has 3 aromatic rings. The molecule has 33 heavy (non-hydrogen) atoms. The number of carbonyl (C=O) groups is 1. The van der Waals surface area contributed by atoms with Crippen LogP contribution in [0.25, 0.3) is 11.1 Å². The summed E-state index contributed by atoms with van der Waals surface area (Å²) >= 11 is 0. The lowest BCUT2D eigenvalue weighted by molar-refractivity contribution is -0.121. The molecule has 1 N–H and O–H groups in total. The highest BCUT2D eigenvalue weighted by atomic mass is 16.7. The van der Waals surface area contributed by atoms with Crippen LogP contribution in [0.15, 0.2) is 66.7 Å². The van der Waals surface area contributed by atoms with Gasteiger partial charge in [0.1, 0.15) is 5.75 Å². The lowest BCUT2D eigenvalue weighted by atomic mass is 9.95. The zero-order chi connectivity index (χ0) is 22.6. The first-order chi connectivity index (χ1) is 16.2. The van der Waals surface area contributed by atoms with Gasteiger partial charge in [0, 0.05) is 29.3 Å². The fraction of sp³-hybridized carbons (Fsp3) is 0.296. The number of nitrogens with zero attached hydrogens (tertiary/aromatic N) is 1. The van der Waals surface area contributed by atoms with Gasteiger partial charge < -0.3 is 19.5 Å². The number of methoxy groups -OCH3 is 1. The van der Waals surface area contributed by atoms with Crippen molar-refractivity contribution < 1.29 is 19.0 Å². The first-order valence-corrected chi connectivity index (χ1v) is 11.4. The molecule has 6 heteroatoms. The number of anilines is 1. The molecular weight excluding hydrogens is 416 g/mol. The number of benzene rings is 3. The zero-order valence-electron chi connectivity index (χ0n) is 18.8. The minimum absolute atomic E-state index is 0.000636. The molecule has 0 bridgehead atoms. The molecule has 2 heterocycles. The van der Waals surface area contributed by atoms with Crippen molar-refractivity contribution in [2.24, 2.45) is 5.92 Å². The number of rotatable bonds is 6. The normalized spacial score (nSPS) is 15.9. The fourth-order valence-corrected chi connectivity index (χ4v) is 4.58. The predicted molar refractivity (Wildman–Crippen MR) is 128 cm³/mol. The van der Waals surface area contributed by atoms with Crippen molar-refractivity contribution in [3.05, 3.63) is 72.3 Å². The number of fused-ring (bicyclic) bond motifs is 1. The Balaban J connectivity index is 1.21. The second kappa shape index (κ2) is 9.55. The maximum Gasteiger partial charge on any atom is 0.231 e. The third-order valence-corrected chi connectivity index (χ3v) is 6.40. The van der Waals surface area contributed by atoms with Gasteiger partial charge in [0.15, 0.2) is 11.5 Å². The van der Waals surface area contributed by atoms with Crippen LogP contribution in [0.5, 0.6) is 17.2 Å².